The Kier molecular flexibility index (Phi) is 6.04. The molecule has 0 N–H and O–H groups in total. The average Bonchev–Trinajstić information content (AvgIpc) is 2.78. The van der Waals surface area contributed by atoms with Crippen molar-refractivity contribution in [2.75, 3.05) is 6.61 Å². The first-order chi connectivity index (χ1) is 15.4. The first kappa shape index (κ1) is 22.1. The van der Waals surface area contributed by atoms with E-state index in [0.717, 1.165) is 0 Å². The van der Waals surface area contributed by atoms with E-state index in [9.17, 15) is 13.2 Å². The predicted octanol–water partition coefficient (Wildman–Crippen LogP) is 7.63. The van der Waals surface area contributed by atoms with Crippen molar-refractivity contribution >= 4 is 6.08 Å². The van der Waals surface area contributed by atoms with Gasteiger partial charge in [-0.15, -0.1) is 0 Å². The maximum absolute atomic E-state index is 15.3. The monoisotopic (exact) mass is 444 g/mol. The van der Waals surface area contributed by atoms with Crippen LogP contribution in [0.25, 0.3) is 17.2 Å². The summed E-state index contributed by atoms with van der Waals surface area (Å²) in [4.78, 5) is 0. The molecule has 32 heavy (non-hydrogen) atoms. The Morgan fingerprint density at radius 1 is 0.844 bits per heavy atom. The van der Waals surface area contributed by atoms with Crippen LogP contribution in [0.5, 0.6) is 5.75 Å². The smallest absolute Gasteiger partial charge is 0.171 e. The molecule has 0 bridgehead atoms. The van der Waals surface area contributed by atoms with Crippen molar-refractivity contribution in [3.63, 3.8) is 0 Å². The van der Waals surface area contributed by atoms with Crippen molar-refractivity contribution in [1.29, 1.82) is 0 Å². The summed E-state index contributed by atoms with van der Waals surface area (Å²) in [5.74, 6) is -2.48. The number of ether oxygens (including phenoxy) is 1. The Balaban J connectivity index is 1.70. The maximum atomic E-state index is 15.3. The Hall–Kier alpha value is -3.15. The highest BCUT2D eigenvalue weighted by Gasteiger charge is 2.39. The SMILES string of the molecule is C=Cc1ccc(CCc2ccc3c(c2F)C(F)C(F)c2c-3ccc(OCC)c2F)c(F)c1. The molecule has 6 heteroatoms. The normalized spacial score (nSPS) is 16.9. The fourth-order valence-electron chi connectivity index (χ4n) is 4.14. The van der Waals surface area contributed by atoms with Gasteiger partial charge in [0.15, 0.2) is 23.9 Å². The molecule has 2 unspecified atom stereocenters. The Bertz CT molecular complexity index is 1190. The number of hydrogen-bond acceptors (Lipinski definition) is 1. The fraction of sp³-hybridized carbons (Fsp3) is 0.231. The van der Waals surface area contributed by atoms with Crippen LogP contribution in [0.4, 0.5) is 22.0 Å². The first-order valence-corrected chi connectivity index (χ1v) is 10.3. The third-order valence-corrected chi connectivity index (χ3v) is 5.78. The second-order valence-electron chi connectivity index (χ2n) is 7.63. The summed E-state index contributed by atoms with van der Waals surface area (Å²) in [6, 6.07) is 10.3. The van der Waals surface area contributed by atoms with E-state index in [1.165, 1.54) is 36.4 Å². The van der Waals surface area contributed by atoms with Crippen LogP contribution < -0.4 is 4.74 Å². The van der Waals surface area contributed by atoms with Gasteiger partial charge in [-0.3, -0.25) is 0 Å². The van der Waals surface area contributed by atoms with E-state index in [2.05, 4.69) is 6.58 Å². The maximum Gasteiger partial charge on any atom is 0.171 e. The molecule has 1 aliphatic carbocycles. The molecule has 2 atom stereocenters. The minimum absolute atomic E-state index is 0.0949. The second-order valence-corrected chi connectivity index (χ2v) is 7.63. The number of benzene rings is 3. The first-order valence-electron chi connectivity index (χ1n) is 10.3. The molecule has 0 radical (unpaired) electrons. The molecular weight excluding hydrogens is 423 g/mol. The number of rotatable bonds is 6. The number of halogens is 5. The highest BCUT2D eigenvalue weighted by atomic mass is 19.2. The van der Waals surface area contributed by atoms with Gasteiger partial charge < -0.3 is 4.74 Å². The minimum Gasteiger partial charge on any atom is -0.491 e. The van der Waals surface area contributed by atoms with Gasteiger partial charge in [0.1, 0.15) is 11.6 Å². The zero-order valence-electron chi connectivity index (χ0n) is 17.4. The second kappa shape index (κ2) is 8.77. The lowest BCUT2D eigenvalue weighted by atomic mass is 9.81. The van der Waals surface area contributed by atoms with Gasteiger partial charge in [0, 0.05) is 11.1 Å². The standard InChI is InChI=1S/C26H21F5O/c1-3-14-5-6-15(19(27)13-14)7-8-16-9-10-17-18-11-12-20(32-4-2)24(29)22(18)26(31)25(30)21(17)23(16)28/h3,5-6,9-13,25-26H,1,4,7-8H2,2H3. The van der Waals surface area contributed by atoms with E-state index >= 15 is 8.78 Å². The van der Waals surface area contributed by atoms with E-state index in [-0.39, 0.29) is 41.9 Å². The molecule has 3 aromatic rings. The van der Waals surface area contributed by atoms with Crippen molar-refractivity contribution in [2.24, 2.45) is 0 Å². The van der Waals surface area contributed by atoms with Crippen molar-refractivity contribution in [1.82, 2.24) is 0 Å². The molecule has 1 nitrogen and oxygen atoms in total. The number of aryl methyl sites for hydroxylation is 2. The predicted molar refractivity (Wildman–Crippen MR) is 115 cm³/mol. The lowest BCUT2D eigenvalue weighted by molar-refractivity contribution is 0.159. The summed E-state index contributed by atoms with van der Waals surface area (Å²) in [7, 11) is 0. The zero-order chi connectivity index (χ0) is 23.0. The van der Waals surface area contributed by atoms with Crippen molar-refractivity contribution in [3.8, 4) is 16.9 Å². The summed E-state index contributed by atoms with van der Waals surface area (Å²) in [5, 5.41) is 0. The summed E-state index contributed by atoms with van der Waals surface area (Å²) in [6.45, 7) is 5.40. The van der Waals surface area contributed by atoms with Crippen LogP contribution in [0, 0.1) is 17.5 Å². The van der Waals surface area contributed by atoms with Crippen LogP contribution >= 0.6 is 0 Å². The van der Waals surface area contributed by atoms with Crippen LogP contribution in [-0.4, -0.2) is 6.61 Å². The third-order valence-electron chi connectivity index (χ3n) is 5.78. The van der Waals surface area contributed by atoms with Crippen LogP contribution in [-0.2, 0) is 12.8 Å². The van der Waals surface area contributed by atoms with E-state index < -0.39 is 40.9 Å². The number of hydrogen-bond donors (Lipinski definition) is 0. The average molecular weight is 444 g/mol. The molecule has 0 amide bonds. The van der Waals surface area contributed by atoms with Crippen LogP contribution in [0.3, 0.4) is 0 Å². The van der Waals surface area contributed by atoms with Gasteiger partial charge in [0.05, 0.1) is 6.61 Å². The Labute approximate surface area is 183 Å². The van der Waals surface area contributed by atoms with Crippen LogP contribution in [0.1, 0.15) is 47.1 Å². The molecule has 0 heterocycles. The van der Waals surface area contributed by atoms with Crippen molar-refractivity contribution < 1.29 is 26.7 Å². The van der Waals surface area contributed by atoms with Crippen molar-refractivity contribution in [2.45, 2.75) is 32.1 Å². The van der Waals surface area contributed by atoms with Gasteiger partial charge in [0.2, 0.25) is 0 Å². The summed E-state index contributed by atoms with van der Waals surface area (Å²) < 4.78 is 79.3. The molecule has 0 saturated carbocycles. The van der Waals surface area contributed by atoms with Gasteiger partial charge in [-0.25, -0.2) is 22.0 Å². The molecule has 1 aliphatic rings. The highest BCUT2D eigenvalue weighted by Crippen LogP contribution is 2.51. The molecule has 3 aromatic carbocycles. The van der Waals surface area contributed by atoms with Gasteiger partial charge in [0.25, 0.3) is 0 Å². The lowest BCUT2D eigenvalue weighted by Gasteiger charge is -2.28. The lowest BCUT2D eigenvalue weighted by Crippen LogP contribution is -2.17. The van der Waals surface area contributed by atoms with Crippen LogP contribution in [0.2, 0.25) is 0 Å². The quantitative estimate of drug-likeness (QED) is 0.355. The summed E-state index contributed by atoms with van der Waals surface area (Å²) in [6.07, 6.45) is -2.95. The summed E-state index contributed by atoms with van der Waals surface area (Å²) >= 11 is 0. The minimum atomic E-state index is -2.37. The molecular formula is C26H21F5O. The number of fused-ring (bicyclic) bond motifs is 3. The highest BCUT2D eigenvalue weighted by molar-refractivity contribution is 5.76. The van der Waals surface area contributed by atoms with E-state index in [1.807, 2.05) is 0 Å². The van der Waals surface area contributed by atoms with E-state index in [4.69, 9.17) is 4.74 Å². The molecule has 4 rings (SSSR count). The number of alkyl halides is 2. The Morgan fingerprint density at radius 3 is 2.06 bits per heavy atom. The van der Waals surface area contributed by atoms with Gasteiger partial charge in [-0.1, -0.05) is 43.0 Å². The Morgan fingerprint density at radius 2 is 1.44 bits per heavy atom. The fourth-order valence-corrected chi connectivity index (χ4v) is 4.14. The third kappa shape index (κ3) is 3.68. The zero-order valence-corrected chi connectivity index (χ0v) is 17.4. The largest absolute Gasteiger partial charge is 0.491 e. The van der Waals surface area contributed by atoms with E-state index in [1.54, 1.807) is 19.1 Å². The van der Waals surface area contributed by atoms with Crippen LogP contribution in [0.15, 0.2) is 49.0 Å². The summed E-state index contributed by atoms with van der Waals surface area (Å²) in [5.41, 5.74) is 0.439. The molecule has 0 spiro atoms. The van der Waals surface area contributed by atoms with E-state index in [0.29, 0.717) is 11.1 Å². The van der Waals surface area contributed by atoms with Gasteiger partial charge in [-0.05, 0) is 59.7 Å². The molecule has 0 fully saturated rings. The topological polar surface area (TPSA) is 9.23 Å². The molecule has 0 aromatic heterocycles. The van der Waals surface area contributed by atoms with Gasteiger partial charge in [-0.2, -0.15) is 0 Å². The molecule has 166 valence electrons. The molecule has 0 saturated heterocycles. The van der Waals surface area contributed by atoms with Crippen molar-refractivity contribution in [3.05, 3.63) is 94.3 Å². The van der Waals surface area contributed by atoms with Gasteiger partial charge >= 0.3 is 0 Å². The molecule has 0 aliphatic heterocycles.